The van der Waals surface area contributed by atoms with Gasteiger partial charge in [0.05, 0.1) is 17.4 Å². The summed E-state index contributed by atoms with van der Waals surface area (Å²) in [6.07, 6.45) is 2.78. The molecule has 38 heavy (non-hydrogen) atoms. The Morgan fingerprint density at radius 3 is 2.66 bits per heavy atom. The summed E-state index contributed by atoms with van der Waals surface area (Å²) in [6.45, 7) is 1.84. The van der Waals surface area contributed by atoms with Crippen LogP contribution in [-0.2, 0) is 6.54 Å². The molecule has 0 atom stereocenters. The summed E-state index contributed by atoms with van der Waals surface area (Å²) in [6, 6.07) is 18.9. The summed E-state index contributed by atoms with van der Waals surface area (Å²) < 4.78 is 0. The number of carbonyl (C=O) groups is 1. The molecule has 2 aromatic carbocycles. The van der Waals surface area contributed by atoms with Crippen LogP contribution in [-0.4, -0.2) is 53.4 Å². The Balaban J connectivity index is 1.41. The molecule has 0 unspecified atom stereocenters. The normalized spacial score (nSPS) is 11.4. The molecule has 0 aliphatic rings. The minimum Gasteiger partial charge on any atom is -0.734 e. The molecule has 10 nitrogen and oxygen atoms in total. The average molecular weight is 533 g/mol. The highest BCUT2D eigenvalue weighted by molar-refractivity contribution is 7.12. The average Bonchev–Trinajstić information content (AvgIpc) is 3.36. The second kappa shape index (κ2) is 12.9. The number of hydroxylamine groups is 2. The maximum atomic E-state index is 13.1. The van der Waals surface area contributed by atoms with Crippen molar-refractivity contribution >= 4 is 45.2 Å². The largest absolute Gasteiger partial charge is 0.734 e. The minimum atomic E-state index is -0.267. The fourth-order valence-electron chi connectivity index (χ4n) is 3.79. The number of anilines is 3. The molecule has 0 aliphatic heterocycles. The van der Waals surface area contributed by atoms with Crippen molar-refractivity contribution in [1.29, 1.82) is 0 Å². The summed E-state index contributed by atoms with van der Waals surface area (Å²) in [5, 5.41) is 35.4. The number of para-hydroxylation sites is 1. The van der Waals surface area contributed by atoms with Crippen molar-refractivity contribution in [1.82, 2.24) is 20.4 Å². The summed E-state index contributed by atoms with van der Waals surface area (Å²) in [4.78, 5) is 20.1. The highest BCUT2D eigenvalue weighted by Gasteiger charge is 2.14. The molecule has 0 radical (unpaired) electrons. The Hall–Kier alpha value is -4.16. The number of thiophene rings is 1. The van der Waals surface area contributed by atoms with Crippen molar-refractivity contribution in [2.75, 3.05) is 43.1 Å². The lowest BCUT2D eigenvalue weighted by Crippen LogP contribution is -2.29. The number of benzene rings is 2. The Kier molecular flexibility index (Phi) is 9.11. The van der Waals surface area contributed by atoms with Gasteiger partial charge in [-0.05, 0) is 61.4 Å². The minimum absolute atomic E-state index is 0.236. The van der Waals surface area contributed by atoms with Crippen LogP contribution in [0.4, 0.5) is 17.1 Å². The van der Waals surface area contributed by atoms with Gasteiger partial charge < -0.3 is 36.6 Å². The van der Waals surface area contributed by atoms with Crippen molar-refractivity contribution in [3.63, 3.8) is 0 Å². The molecule has 4 aromatic rings. The third-order valence-corrected chi connectivity index (χ3v) is 6.51. The van der Waals surface area contributed by atoms with E-state index in [1.54, 1.807) is 30.5 Å². The summed E-state index contributed by atoms with van der Waals surface area (Å²) >= 11 is 1.36. The van der Waals surface area contributed by atoms with Crippen molar-refractivity contribution in [2.45, 2.75) is 6.54 Å². The molecule has 0 bridgehead atoms. The van der Waals surface area contributed by atoms with E-state index < -0.39 is 0 Å². The summed E-state index contributed by atoms with van der Waals surface area (Å²) in [7, 11) is 3.87. The van der Waals surface area contributed by atoms with Crippen LogP contribution in [0.15, 0.2) is 84.3 Å². The summed E-state index contributed by atoms with van der Waals surface area (Å²) in [5.41, 5.74) is 3.97. The van der Waals surface area contributed by atoms with Crippen molar-refractivity contribution in [2.24, 2.45) is 0 Å². The highest BCUT2D eigenvalue weighted by atomic mass is 32.1. The van der Waals surface area contributed by atoms with Gasteiger partial charge in [-0.1, -0.05) is 24.3 Å². The number of rotatable bonds is 12. The SMILES string of the molecule is CN(C)CCN/C(=C\N([O-])O)Nc1cccc(NC(=O)c2sccc2NCc2ccnc3ccccc23)c1. The molecule has 5 N–H and O–H groups in total. The van der Waals surface area contributed by atoms with E-state index in [0.29, 0.717) is 35.2 Å². The molecule has 4 rings (SSSR count). The van der Waals surface area contributed by atoms with E-state index >= 15 is 0 Å². The van der Waals surface area contributed by atoms with E-state index in [4.69, 9.17) is 5.21 Å². The Morgan fingerprint density at radius 1 is 1.08 bits per heavy atom. The number of likely N-dealkylation sites (N-methyl/N-ethyl adjacent to an activating group) is 1. The number of aromatic nitrogens is 1. The van der Waals surface area contributed by atoms with Gasteiger partial charge in [-0.2, -0.15) is 0 Å². The zero-order valence-corrected chi connectivity index (χ0v) is 22.0. The summed E-state index contributed by atoms with van der Waals surface area (Å²) in [5.74, 6) is 0.0846. The van der Waals surface area contributed by atoms with Gasteiger partial charge in [-0.3, -0.25) is 15.0 Å². The number of fused-ring (bicyclic) bond motifs is 1. The third-order valence-electron chi connectivity index (χ3n) is 5.59. The maximum absolute atomic E-state index is 13.1. The number of hydrogen-bond donors (Lipinski definition) is 5. The second-order valence-corrected chi connectivity index (χ2v) is 9.66. The van der Waals surface area contributed by atoms with Gasteiger partial charge in [0.1, 0.15) is 10.7 Å². The van der Waals surface area contributed by atoms with Gasteiger partial charge in [0, 0.05) is 42.6 Å². The molecule has 0 saturated heterocycles. The van der Waals surface area contributed by atoms with Gasteiger partial charge in [0.25, 0.3) is 5.91 Å². The number of carbonyl (C=O) groups excluding carboxylic acids is 1. The molecule has 0 spiro atoms. The molecule has 1 amide bonds. The number of pyridine rings is 1. The Morgan fingerprint density at radius 2 is 1.87 bits per heavy atom. The number of hydrogen-bond acceptors (Lipinski definition) is 10. The lowest BCUT2D eigenvalue weighted by atomic mass is 10.1. The molecular weight excluding hydrogens is 502 g/mol. The predicted octanol–water partition coefficient (Wildman–Crippen LogP) is 4.71. The number of amides is 1. The van der Waals surface area contributed by atoms with Crippen LogP contribution in [0.3, 0.4) is 0 Å². The van der Waals surface area contributed by atoms with Crippen LogP contribution in [0.5, 0.6) is 0 Å². The number of nitrogens with one attached hydrogen (secondary N) is 4. The van der Waals surface area contributed by atoms with E-state index in [1.165, 1.54) is 11.3 Å². The molecule has 11 heteroatoms. The first-order valence-electron chi connectivity index (χ1n) is 12.0. The lowest BCUT2D eigenvalue weighted by Gasteiger charge is -2.21. The second-order valence-electron chi connectivity index (χ2n) is 8.74. The van der Waals surface area contributed by atoms with Gasteiger partial charge in [-0.15, -0.1) is 11.3 Å². The van der Waals surface area contributed by atoms with Crippen molar-refractivity contribution in [3.8, 4) is 0 Å². The Bertz CT molecular complexity index is 1400. The molecule has 2 heterocycles. The Labute approximate surface area is 225 Å². The molecule has 0 saturated carbocycles. The van der Waals surface area contributed by atoms with Crippen LogP contribution in [0.25, 0.3) is 10.9 Å². The first-order chi connectivity index (χ1) is 18.4. The topological polar surface area (TPSA) is 128 Å². The van der Waals surface area contributed by atoms with E-state index in [1.807, 2.05) is 60.8 Å². The third kappa shape index (κ3) is 7.43. The van der Waals surface area contributed by atoms with E-state index in [-0.39, 0.29) is 11.1 Å². The zero-order valence-electron chi connectivity index (χ0n) is 21.1. The smallest absolute Gasteiger partial charge is 0.267 e. The quantitative estimate of drug-likeness (QED) is 0.165. The van der Waals surface area contributed by atoms with E-state index in [9.17, 15) is 10.0 Å². The highest BCUT2D eigenvalue weighted by Crippen LogP contribution is 2.26. The van der Waals surface area contributed by atoms with Crippen LogP contribution in [0.1, 0.15) is 15.2 Å². The molecular formula is C27H30N7O3S-. The maximum Gasteiger partial charge on any atom is 0.267 e. The van der Waals surface area contributed by atoms with Gasteiger partial charge in [0.15, 0.2) is 0 Å². The standard InChI is InChI=1S/C27H30N7O3S/c1-33(2)14-13-29-25(18-34(36)37)31-20-6-5-7-21(16-20)32-27(35)26-24(11-15-38-26)30-17-19-10-12-28-23-9-4-3-8-22(19)23/h3-12,15-16,18,29-31,36H,13-14,17H2,1-2H3,(H,32,35)/q-1/b25-18+. The fourth-order valence-corrected chi connectivity index (χ4v) is 4.55. The van der Waals surface area contributed by atoms with E-state index in [0.717, 1.165) is 34.9 Å². The van der Waals surface area contributed by atoms with Crippen molar-refractivity contribution in [3.05, 3.63) is 99.9 Å². The van der Waals surface area contributed by atoms with Crippen LogP contribution >= 0.6 is 11.3 Å². The van der Waals surface area contributed by atoms with Gasteiger partial charge >= 0.3 is 0 Å². The van der Waals surface area contributed by atoms with Gasteiger partial charge in [0.2, 0.25) is 0 Å². The first-order valence-corrected chi connectivity index (χ1v) is 12.8. The molecule has 0 aliphatic carbocycles. The number of nitrogens with zero attached hydrogens (tertiary/aromatic N) is 3. The molecule has 2 aromatic heterocycles. The fraction of sp³-hybridized carbons (Fsp3) is 0.185. The monoisotopic (exact) mass is 532 g/mol. The first kappa shape index (κ1) is 26.9. The zero-order chi connectivity index (χ0) is 26.9. The molecule has 198 valence electrons. The lowest BCUT2D eigenvalue weighted by molar-refractivity contribution is 0.0106. The van der Waals surface area contributed by atoms with E-state index in [2.05, 4.69) is 26.3 Å². The van der Waals surface area contributed by atoms with Crippen LogP contribution in [0, 0.1) is 5.21 Å². The van der Waals surface area contributed by atoms with Crippen molar-refractivity contribution < 1.29 is 10.0 Å². The van der Waals surface area contributed by atoms with Crippen LogP contribution in [0.2, 0.25) is 0 Å². The van der Waals surface area contributed by atoms with Gasteiger partial charge in [-0.25, -0.2) is 0 Å². The van der Waals surface area contributed by atoms with Crippen LogP contribution < -0.4 is 21.3 Å². The predicted molar refractivity (Wildman–Crippen MR) is 153 cm³/mol. The molecule has 0 fully saturated rings.